The minimum Gasteiger partial charge on any atom is -0.384 e. The lowest BCUT2D eigenvalue weighted by Crippen LogP contribution is -2.40. The van der Waals surface area contributed by atoms with Crippen molar-refractivity contribution in [3.63, 3.8) is 0 Å². The van der Waals surface area contributed by atoms with Gasteiger partial charge < -0.3 is 10.6 Å². The van der Waals surface area contributed by atoms with Crippen LogP contribution in [0.1, 0.15) is 32.2 Å². The summed E-state index contributed by atoms with van der Waals surface area (Å²) in [4.78, 5) is 27.9. The Hall–Kier alpha value is -3.65. The number of nitrogens with two attached hydrogens (primary N) is 1. The lowest BCUT2D eigenvalue weighted by atomic mass is 9.73. The van der Waals surface area contributed by atoms with Gasteiger partial charge in [0, 0.05) is 23.7 Å². The molecular formula is C21H15N3O2. The standard InChI is InChI=1S/C21H15N3O2/c1-24-18-17(19(25)13-9-5-6-10-14(13)20(18)26)16(15(11-22)21(24)23)12-7-3-2-4-8-12/h2-10,16H,23H2,1H3. The van der Waals surface area contributed by atoms with E-state index in [9.17, 15) is 14.9 Å². The molecule has 1 unspecified atom stereocenters. The first-order chi connectivity index (χ1) is 12.6. The van der Waals surface area contributed by atoms with Gasteiger partial charge in [-0.2, -0.15) is 5.26 Å². The van der Waals surface area contributed by atoms with E-state index >= 15 is 0 Å². The number of nitriles is 1. The third-order valence-corrected chi connectivity index (χ3v) is 4.93. The fourth-order valence-electron chi connectivity index (χ4n) is 3.68. The highest BCUT2D eigenvalue weighted by Crippen LogP contribution is 2.44. The summed E-state index contributed by atoms with van der Waals surface area (Å²) in [6.07, 6.45) is 0. The summed E-state index contributed by atoms with van der Waals surface area (Å²) in [5.41, 5.74) is 8.50. The largest absolute Gasteiger partial charge is 0.384 e. The molecule has 0 spiro atoms. The van der Waals surface area contributed by atoms with E-state index in [1.807, 2.05) is 30.3 Å². The van der Waals surface area contributed by atoms with Gasteiger partial charge >= 0.3 is 0 Å². The molecule has 0 saturated heterocycles. The van der Waals surface area contributed by atoms with Gasteiger partial charge in [-0.15, -0.1) is 0 Å². The number of benzene rings is 2. The zero-order valence-electron chi connectivity index (χ0n) is 14.1. The minimum atomic E-state index is -0.655. The molecule has 1 aliphatic carbocycles. The summed E-state index contributed by atoms with van der Waals surface area (Å²) in [5.74, 6) is -0.951. The van der Waals surface area contributed by atoms with Crippen molar-refractivity contribution < 1.29 is 9.59 Å². The zero-order valence-corrected chi connectivity index (χ0v) is 14.1. The highest BCUT2D eigenvalue weighted by atomic mass is 16.1. The Morgan fingerprint density at radius 3 is 2.15 bits per heavy atom. The third kappa shape index (κ3) is 2.02. The number of hydrogen-bond acceptors (Lipinski definition) is 5. The number of hydrogen-bond donors (Lipinski definition) is 1. The summed E-state index contributed by atoms with van der Waals surface area (Å²) in [6, 6.07) is 18.1. The molecule has 26 heavy (non-hydrogen) atoms. The average molecular weight is 341 g/mol. The molecule has 1 atom stereocenters. The average Bonchev–Trinajstić information content (AvgIpc) is 2.68. The molecule has 2 aliphatic rings. The summed E-state index contributed by atoms with van der Waals surface area (Å²) in [5, 5.41) is 9.72. The topological polar surface area (TPSA) is 87.2 Å². The number of carbonyl (C=O) groups excluding carboxylic acids is 2. The molecule has 0 amide bonds. The van der Waals surface area contributed by atoms with Crippen LogP contribution in [-0.4, -0.2) is 23.5 Å². The first-order valence-corrected chi connectivity index (χ1v) is 8.17. The van der Waals surface area contributed by atoms with Crippen LogP contribution < -0.4 is 5.73 Å². The second-order valence-corrected chi connectivity index (χ2v) is 6.28. The Morgan fingerprint density at radius 1 is 0.962 bits per heavy atom. The maximum Gasteiger partial charge on any atom is 0.210 e. The minimum absolute atomic E-state index is 0.195. The van der Waals surface area contributed by atoms with Crippen LogP contribution in [0.3, 0.4) is 0 Å². The predicted octanol–water partition coefficient (Wildman–Crippen LogP) is 2.74. The number of likely N-dealkylation sites (N-methyl/N-ethyl adjacent to an activating group) is 1. The molecule has 0 aromatic heterocycles. The van der Waals surface area contributed by atoms with Gasteiger partial charge in [0.1, 0.15) is 5.82 Å². The summed E-state index contributed by atoms with van der Waals surface area (Å²) in [6.45, 7) is 0. The number of rotatable bonds is 1. The van der Waals surface area contributed by atoms with E-state index in [1.165, 1.54) is 4.90 Å². The number of allylic oxidation sites excluding steroid dienone is 3. The first kappa shape index (κ1) is 15.9. The molecule has 2 aromatic carbocycles. The second-order valence-electron chi connectivity index (χ2n) is 6.28. The molecule has 5 heteroatoms. The van der Waals surface area contributed by atoms with Crippen LogP contribution >= 0.6 is 0 Å². The van der Waals surface area contributed by atoms with Crippen molar-refractivity contribution in [2.45, 2.75) is 5.92 Å². The van der Waals surface area contributed by atoms with Crippen molar-refractivity contribution in [3.05, 3.63) is 94.0 Å². The molecule has 1 aliphatic heterocycles. The summed E-state index contributed by atoms with van der Waals surface area (Å²) >= 11 is 0. The van der Waals surface area contributed by atoms with Crippen LogP contribution in [0, 0.1) is 11.3 Å². The van der Waals surface area contributed by atoms with Crippen LogP contribution in [0.15, 0.2) is 77.3 Å². The molecular weight excluding hydrogens is 326 g/mol. The Morgan fingerprint density at radius 2 is 1.54 bits per heavy atom. The highest BCUT2D eigenvalue weighted by molar-refractivity contribution is 6.27. The van der Waals surface area contributed by atoms with Gasteiger partial charge in [0.05, 0.1) is 23.3 Å². The van der Waals surface area contributed by atoms with E-state index in [0.717, 1.165) is 5.56 Å². The highest BCUT2D eigenvalue weighted by Gasteiger charge is 2.43. The molecule has 5 nitrogen and oxygen atoms in total. The SMILES string of the molecule is CN1C(N)=C(C#N)C(c2ccccc2)C2=C1C(=O)c1ccccc1C2=O. The van der Waals surface area contributed by atoms with E-state index in [0.29, 0.717) is 16.7 Å². The Balaban J connectivity index is 2.03. The van der Waals surface area contributed by atoms with E-state index in [1.54, 1.807) is 31.3 Å². The molecule has 0 radical (unpaired) electrons. The van der Waals surface area contributed by atoms with Gasteiger partial charge in [0.15, 0.2) is 5.78 Å². The van der Waals surface area contributed by atoms with Crippen molar-refractivity contribution in [2.75, 3.05) is 7.05 Å². The molecule has 0 bridgehead atoms. The van der Waals surface area contributed by atoms with Crippen LogP contribution in [0.25, 0.3) is 0 Å². The van der Waals surface area contributed by atoms with E-state index in [2.05, 4.69) is 6.07 Å². The quantitative estimate of drug-likeness (QED) is 0.862. The van der Waals surface area contributed by atoms with Crippen molar-refractivity contribution in [1.82, 2.24) is 4.90 Å². The molecule has 126 valence electrons. The van der Waals surface area contributed by atoms with Crippen molar-refractivity contribution >= 4 is 11.6 Å². The zero-order chi connectivity index (χ0) is 18.4. The number of nitrogens with zero attached hydrogens (tertiary/aromatic N) is 2. The van der Waals surface area contributed by atoms with Crippen LogP contribution in [0.2, 0.25) is 0 Å². The first-order valence-electron chi connectivity index (χ1n) is 8.17. The molecule has 4 rings (SSSR count). The van der Waals surface area contributed by atoms with Crippen LogP contribution in [-0.2, 0) is 0 Å². The maximum absolute atomic E-state index is 13.3. The van der Waals surface area contributed by atoms with Crippen molar-refractivity contribution in [2.24, 2.45) is 5.73 Å². The number of ketones is 2. The number of carbonyl (C=O) groups is 2. The lowest BCUT2D eigenvalue weighted by Gasteiger charge is -2.37. The normalized spacial score (nSPS) is 19.2. The fraction of sp³-hybridized carbons (Fsp3) is 0.0952. The molecule has 2 N–H and O–H groups in total. The summed E-state index contributed by atoms with van der Waals surface area (Å²) < 4.78 is 0. The Bertz CT molecular complexity index is 1060. The van der Waals surface area contributed by atoms with Gasteiger partial charge in [-0.25, -0.2) is 0 Å². The number of Topliss-reactive ketones (excluding diaryl/α,β-unsaturated/α-hetero) is 2. The van der Waals surface area contributed by atoms with Crippen LogP contribution in [0.5, 0.6) is 0 Å². The van der Waals surface area contributed by atoms with Crippen LogP contribution in [0.4, 0.5) is 0 Å². The molecule has 0 fully saturated rings. The Labute approximate surface area is 150 Å². The van der Waals surface area contributed by atoms with Crippen molar-refractivity contribution in [3.8, 4) is 6.07 Å². The molecule has 1 heterocycles. The second kappa shape index (κ2) is 5.71. The van der Waals surface area contributed by atoms with E-state index < -0.39 is 5.92 Å². The van der Waals surface area contributed by atoms with E-state index in [4.69, 9.17) is 5.73 Å². The Kier molecular flexibility index (Phi) is 3.48. The predicted molar refractivity (Wildman–Crippen MR) is 95.9 cm³/mol. The van der Waals surface area contributed by atoms with Crippen molar-refractivity contribution in [1.29, 1.82) is 5.26 Å². The maximum atomic E-state index is 13.3. The molecule has 2 aromatic rings. The fourth-order valence-corrected chi connectivity index (χ4v) is 3.68. The lowest BCUT2D eigenvalue weighted by molar-refractivity contribution is 0.0945. The number of fused-ring (bicyclic) bond motifs is 1. The smallest absolute Gasteiger partial charge is 0.210 e. The van der Waals surface area contributed by atoms with E-state index in [-0.39, 0.29) is 28.7 Å². The van der Waals surface area contributed by atoms with Gasteiger partial charge in [-0.1, -0.05) is 54.6 Å². The van der Waals surface area contributed by atoms with Gasteiger partial charge in [0.25, 0.3) is 0 Å². The monoisotopic (exact) mass is 341 g/mol. The van der Waals surface area contributed by atoms with Gasteiger partial charge in [-0.05, 0) is 5.56 Å². The third-order valence-electron chi connectivity index (χ3n) is 4.93. The van der Waals surface area contributed by atoms with Gasteiger partial charge in [-0.3, -0.25) is 9.59 Å². The molecule has 0 saturated carbocycles. The summed E-state index contributed by atoms with van der Waals surface area (Å²) in [7, 11) is 1.61. The van der Waals surface area contributed by atoms with Gasteiger partial charge in [0.2, 0.25) is 5.78 Å².